The third kappa shape index (κ3) is 3.11. The molecule has 1 aliphatic rings. The molecule has 0 bridgehead atoms. The number of nitrogens with zero attached hydrogens (tertiary/aromatic N) is 2. The Balaban J connectivity index is 1.53. The highest BCUT2D eigenvalue weighted by Crippen LogP contribution is 2.35. The average molecular weight is 419 g/mol. The van der Waals surface area contributed by atoms with E-state index in [0.717, 1.165) is 20.7 Å². The lowest BCUT2D eigenvalue weighted by Crippen LogP contribution is -2.33. The van der Waals surface area contributed by atoms with Crippen LogP contribution >= 0.6 is 11.3 Å². The molecule has 0 saturated heterocycles. The van der Waals surface area contributed by atoms with Crippen molar-refractivity contribution in [2.75, 3.05) is 18.6 Å². The molecule has 0 fully saturated rings. The van der Waals surface area contributed by atoms with E-state index in [2.05, 4.69) is 10.4 Å². The predicted octanol–water partition coefficient (Wildman–Crippen LogP) is 3.59. The number of carbonyl (C=O) groups excluding carboxylic acids is 1. The molecule has 1 aliphatic heterocycles. The van der Waals surface area contributed by atoms with Gasteiger partial charge in [-0.15, -0.1) is 11.3 Å². The first kappa shape index (κ1) is 18.4. The first-order valence-electron chi connectivity index (χ1n) is 9.39. The monoisotopic (exact) mass is 419 g/mol. The quantitative estimate of drug-likeness (QED) is 0.549. The lowest BCUT2D eigenvalue weighted by Gasteiger charge is -2.18. The first-order valence-corrected chi connectivity index (χ1v) is 10.2. The third-order valence-corrected chi connectivity index (χ3v) is 5.89. The van der Waals surface area contributed by atoms with E-state index >= 15 is 0 Å². The van der Waals surface area contributed by atoms with Crippen LogP contribution in [0.25, 0.3) is 21.3 Å². The second-order valence-corrected chi connectivity index (χ2v) is 8.00. The van der Waals surface area contributed by atoms with E-state index in [0.29, 0.717) is 40.5 Å². The summed E-state index contributed by atoms with van der Waals surface area (Å²) in [7, 11) is 0. The summed E-state index contributed by atoms with van der Waals surface area (Å²) in [4.78, 5) is 32.0. The second kappa shape index (κ2) is 7.31. The molecule has 1 N–H and O–H groups in total. The third-order valence-electron chi connectivity index (χ3n) is 4.88. The van der Waals surface area contributed by atoms with Crippen LogP contribution in [0, 0.1) is 6.92 Å². The van der Waals surface area contributed by atoms with Gasteiger partial charge in [-0.05, 0) is 30.7 Å². The Morgan fingerprint density at radius 1 is 1.10 bits per heavy atom. The molecule has 0 atom stereocenters. The molecular formula is C22H17N3O4S. The van der Waals surface area contributed by atoms with Gasteiger partial charge < -0.3 is 9.47 Å². The van der Waals surface area contributed by atoms with Gasteiger partial charge in [-0.3, -0.25) is 15.0 Å². The molecule has 0 aliphatic carbocycles. The smallest absolute Gasteiger partial charge is 0.281 e. The maximum absolute atomic E-state index is 13.2. The van der Waals surface area contributed by atoms with Crippen molar-refractivity contribution in [3.63, 3.8) is 0 Å². The second-order valence-electron chi connectivity index (χ2n) is 6.80. The fourth-order valence-corrected chi connectivity index (χ4v) is 4.50. The molecule has 0 saturated carbocycles. The molecular weight excluding hydrogens is 402 g/mol. The number of hydrogen-bond acceptors (Lipinski definition) is 6. The fourth-order valence-electron chi connectivity index (χ4n) is 3.49. The van der Waals surface area contributed by atoms with Crippen molar-refractivity contribution in [3.05, 3.63) is 75.7 Å². The van der Waals surface area contributed by atoms with Crippen molar-refractivity contribution in [2.45, 2.75) is 6.92 Å². The van der Waals surface area contributed by atoms with Crippen molar-refractivity contribution in [1.29, 1.82) is 0 Å². The Kier molecular flexibility index (Phi) is 4.48. The highest BCUT2D eigenvalue weighted by atomic mass is 32.1. The van der Waals surface area contributed by atoms with Gasteiger partial charge in [-0.2, -0.15) is 0 Å². The number of fused-ring (bicyclic) bond motifs is 2. The van der Waals surface area contributed by atoms with Gasteiger partial charge in [0.1, 0.15) is 24.4 Å². The largest absolute Gasteiger partial charge is 0.486 e. The molecule has 0 spiro atoms. The molecule has 7 nitrogen and oxygen atoms in total. The van der Waals surface area contributed by atoms with Gasteiger partial charge in [0.25, 0.3) is 11.5 Å². The normalized spacial score (nSPS) is 12.7. The molecule has 1 amide bonds. The van der Waals surface area contributed by atoms with Gasteiger partial charge in [0.15, 0.2) is 11.5 Å². The number of hydrogen-bond donors (Lipinski definition) is 1. The highest BCUT2D eigenvalue weighted by Gasteiger charge is 2.19. The molecule has 2 aromatic carbocycles. The minimum atomic E-state index is -0.441. The zero-order chi connectivity index (χ0) is 20.7. The SMILES string of the molecule is Cc1sc2ncn(NC(=O)c3ccc4c(c3)OCCO4)c(=O)c2c1-c1ccccc1. The number of carbonyl (C=O) groups is 1. The predicted molar refractivity (Wildman–Crippen MR) is 115 cm³/mol. The van der Waals surface area contributed by atoms with Gasteiger partial charge in [0.2, 0.25) is 0 Å². The Hall–Kier alpha value is -3.65. The van der Waals surface area contributed by atoms with Gasteiger partial charge in [0, 0.05) is 16.0 Å². The standard InChI is InChI=1S/C22H17N3O4S/c1-13-18(14-5-3-2-4-6-14)19-21(30-13)23-12-25(22(19)27)24-20(26)15-7-8-16-17(11-15)29-10-9-28-16/h2-8,11-12H,9-10H2,1H3,(H,24,26). The zero-order valence-corrected chi connectivity index (χ0v) is 16.9. The van der Waals surface area contributed by atoms with Crippen LogP contribution < -0.4 is 20.5 Å². The lowest BCUT2D eigenvalue weighted by molar-refractivity contribution is 0.101. The highest BCUT2D eigenvalue weighted by molar-refractivity contribution is 7.19. The summed E-state index contributed by atoms with van der Waals surface area (Å²) in [5, 5.41) is 0.494. The van der Waals surface area contributed by atoms with Crippen LogP contribution in [0.5, 0.6) is 11.5 Å². The minimum Gasteiger partial charge on any atom is -0.486 e. The molecule has 30 heavy (non-hydrogen) atoms. The summed E-state index contributed by atoms with van der Waals surface area (Å²) in [5.74, 6) is 0.664. The van der Waals surface area contributed by atoms with Gasteiger partial charge in [-0.1, -0.05) is 30.3 Å². The molecule has 0 unspecified atom stereocenters. The lowest BCUT2D eigenvalue weighted by atomic mass is 10.0. The van der Waals surface area contributed by atoms with Crippen molar-refractivity contribution in [3.8, 4) is 22.6 Å². The van der Waals surface area contributed by atoms with Crippen LogP contribution in [0.3, 0.4) is 0 Å². The van der Waals surface area contributed by atoms with E-state index in [-0.39, 0.29) is 5.56 Å². The molecule has 150 valence electrons. The number of benzene rings is 2. The summed E-state index contributed by atoms with van der Waals surface area (Å²) >= 11 is 1.46. The molecule has 3 heterocycles. The number of rotatable bonds is 3. The van der Waals surface area contributed by atoms with Crippen LogP contribution in [0.1, 0.15) is 15.2 Å². The fraction of sp³-hybridized carbons (Fsp3) is 0.136. The zero-order valence-electron chi connectivity index (χ0n) is 16.0. The van der Waals surface area contributed by atoms with Gasteiger partial charge >= 0.3 is 0 Å². The van der Waals surface area contributed by atoms with Crippen molar-refractivity contribution in [2.24, 2.45) is 0 Å². The van der Waals surface area contributed by atoms with Gasteiger partial charge in [0.05, 0.1) is 5.39 Å². The Morgan fingerprint density at radius 3 is 2.67 bits per heavy atom. The molecule has 4 aromatic rings. The number of aryl methyl sites for hydroxylation is 1. The van der Waals surface area contributed by atoms with Crippen LogP contribution in [0.4, 0.5) is 0 Å². The van der Waals surface area contributed by atoms with E-state index in [9.17, 15) is 9.59 Å². The van der Waals surface area contributed by atoms with E-state index in [1.54, 1.807) is 18.2 Å². The number of amides is 1. The minimum absolute atomic E-state index is 0.325. The average Bonchev–Trinajstić information content (AvgIpc) is 3.12. The number of aromatic nitrogens is 2. The number of thiophene rings is 1. The van der Waals surface area contributed by atoms with Gasteiger partial charge in [-0.25, -0.2) is 9.66 Å². The maximum Gasteiger partial charge on any atom is 0.281 e. The van der Waals surface area contributed by atoms with E-state index in [4.69, 9.17) is 9.47 Å². The summed E-state index contributed by atoms with van der Waals surface area (Å²) in [6, 6.07) is 14.6. The summed E-state index contributed by atoms with van der Waals surface area (Å²) in [5.41, 5.74) is 4.44. The summed E-state index contributed by atoms with van der Waals surface area (Å²) in [6.07, 6.45) is 1.34. The molecule has 5 rings (SSSR count). The molecule has 2 aromatic heterocycles. The van der Waals surface area contributed by atoms with Crippen LogP contribution in [0.2, 0.25) is 0 Å². The Bertz CT molecular complexity index is 1330. The topological polar surface area (TPSA) is 82.5 Å². The van der Waals surface area contributed by atoms with Crippen LogP contribution in [-0.4, -0.2) is 28.8 Å². The van der Waals surface area contributed by atoms with Crippen LogP contribution in [0.15, 0.2) is 59.7 Å². The summed E-state index contributed by atoms with van der Waals surface area (Å²) < 4.78 is 12.1. The van der Waals surface area contributed by atoms with E-state index in [1.165, 1.54) is 17.7 Å². The summed E-state index contributed by atoms with van der Waals surface area (Å²) in [6.45, 7) is 2.87. The molecule has 8 heteroatoms. The Labute approximate surface area is 175 Å². The van der Waals surface area contributed by atoms with Crippen molar-refractivity contribution >= 4 is 27.5 Å². The van der Waals surface area contributed by atoms with E-state index in [1.807, 2.05) is 37.3 Å². The van der Waals surface area contributed by atoms with Crippen molar-refractivity contribution in [1.82, 2.24) is 9.66 Å². The number of nitrogens with one attached hydrogen (secondary N) is 1. The maximum atomic E-state index is 13.2. The Morgan fingerprint density at radius 2 is 1.87 bits per heavy atom. The van der Waals surface area contributed by atoms with Crippen LogP contribution in [-0.2, 0) is 0 Å². The van der Waals surface area contributed by atoms with E-state index < -0.39 is 5.91 Å². The van der Waals surface area contributed by atoms with Crippen molar-refractivity contribution < 1.29 is 14.3 Å². The number of ether oxygens (including phenoxy) is 2. The molecule has 0 radical (unpaired) electrons. The first-order chi connectivity index (χ1) is 14.6.